The van der Waals surface area contributed by atoms with E-state index in [9.17, 15) is 0 Å². The average Bonchev–Trinajstić information content (AvgIpc) is 0. The van der Waals surface area contributed by atoms with Crippen molar-refractivity contribution in [2.24, 2.45) is 0 Å². The Morgan fingerprint density at radius 3 is 1.00 bits per heavy atom. The largest absolute Gasteiger partial charge is 0.316 e. The molecule has 6 heteroatoms. The molecular weight excluding hydrogens is 304 g/mol. The van der Waals surface area contributed by atoms with Crippen LogP contribution in [0.25, 0.3) is 0 Å². The quantitative estimate of drug-likeness (QED) is 0.461. The fourth-order valence-electron chi connectivity index (χ4n) is 0. The predicted molar refractivity (Wildman–Crippen MR) is 17.1 cm³/mol. The molecule has 6 heavy (non-hydrogen) atoms. The van der Waals surface area contributed by atoms with Gasteiger partial charge in [0.05, 0.1) is 0 Å². The summed E-state index contributed by atoms with van der Waals surface area (Å²) in [5.41, 5.74) is 0. The molecule has 0 spiro atoms. The standard InChI is InChI=1S/Ca.Cu.Fe.Mg.Mn.Zn.4H. The van der Waals surface area contributed by atoms with Gasteiger partial charge in [-0.1, -0.05) is 0 Å². The van der Waals surface area contributed by atoms with E-state index >= 15 is 0 Å². The van der Waals surface area contributed by atoms with Crippen LogP contribution in [0.3, 0.4) is 0 Å². The average molecular weight is 308 g/mol. The molecule has 0 fully saturated rings. The molecule has 0 unspecified atom stereocenters. The summed E-state index contributed by atoms with van der Waals surface area (Å²) in [5, 5.41) is 0. The topological polar surface area (TPSA) is 0 Å². The molecule has 0 saturated heterocycles. The molecule has 0 aliphatic rings. The van der Waals surface area contributed by atoms with E-state index in [4.69, 9.17) is 0 Å². The maximum absolute atomic E-state index is 0. The normalized spacial score (nSPS) is 0. The van der Waals surface area contributed by atoms with Crippen molar-refractivity contribution in [2.75, 3.05) is 0 Å². The Bertz CT molecular complexity index is 15.5. The van der Waals surface area contributed by atoms with Gasteiger partial charge in [-0.25, -0.2) is 0 Å². The molecule has 0 aromatic heterocycles. The fourth-order valence-corrected chi connectivity index (χ4v) is 0. The molecule has 0 N–H and O–H groups in total. The van der Waals surface area contributed by atoms with E-state index in [0.29, 0.717) is 0 Å². The Morgan fingerprint density at radius 2 is 1.00 bits per heavy atom. The van der Waals surface area contributed by atoms with E-state index in [1.165, 1.54) is 0 Å². The van der Waals surface area contributed by atoms with Crippen LogP contribution in [0.15, 0.2) is 0 Å². The van der Waals surface area contributed by atoms with Crippen molar-refractivity contribution in [1.82, 2.24) is 0 Å². The molecule has 0 rings (SSSR count). The first-order valence-corrected chi connectivity index (χ1v) is 0. The van der Waals surface area contributed by atoms with Crippen molar-refractivity contribution >= 4 is 60.8 Å². The Kier molecular flexibility index (Phi) is 285. The molecule has 0 aliphatic carbocycles. The second-order valence-corrected chi connectivity index (χ2v) is 0. The first kappa shape index (κ1) is 48.9. The summed E-state index contributed by atoms with van der Waals surface area (Å²) in [4.78, 5) is 0. The van der Waals surface area contributed by atoms with Crippen LogP contribution in [0.4, 0.5) is 0 Å². The van der Waals surface area contributed by atoms with Gasteiger partial charge in [-0.15, -0.1) is 0 Å². The van der Waals surface area contributed by atoms with Crippen LogP contribution < -0.4 is 0 Å². The van der Waals surface area contributed by atoms with Crippen molar-refractivity contribution in [3.63, 3.8) is 0 Å². The maximum Gasteiger partial charge on any atom is 0.316 e. The van der Waals surface area contributed by atoms with Crippen LogP contribution >= 0.6 is 0 Å². The van der Waals surface area contributed by atoms with Crippen molar-refractivity contribution < 1.29 is 70.7 Å². The number of rotatable bonds is 0. The molecule has 0 aromatic rings. The Balaban J connectivity index is 0. The summed E-state index contributed by atoms with van der Waals surface area (Å²) < 4.78 is 0. The van der Waals surface area contributed by atoms with Gasteiger partial charge in [0.25, 0.3) is 0 Å². The Morgan fingerprint density at radius 1 is 1.00 bits per heavy atom. The van der Waals surface area contributed by atoms with Crippen LogP contribution in [0.2, 0.25) is 0 Å². The van der Waals surface area contributed by atoms with Crippen LogP contribution in [0, 0.1) is 0 Å². The Hall–Kier alpha value is 4.21. The van der Waals surface area contributed by atoms with Gasteiger partial charge < -0.3 is 0 Å². The predicted octanol–water partition coefficient (Wildman–Crippen LogP) is -1.84. The smallest absolute Gasteiger partial charge is 0 e. The zero-order valence-corrected chi connectivity index (χ0v) is 7.93. The zero-order chi connectivity index (χ0) is 0. The van der Waals surface area contributed by atoms with Gasteiger partial charge in [-0.3, -0.25) is 0 Å². The van der Waals surface area contributed by atoms with E-state index < -0.39 is 0 Å². The summed E-state index contributed by atoms with van der Waals surface area (Å²) in [5.74, 6) is 0. The maximum atomic E-state index is 0. The van der Waals surface area contributed by atoms with E-state index in [2.05, 4.69) is 0 Å². The van der Waals surface area contributed by atoms with Gasteiger partial charge in [0.15, 0.2) is 0 Å². The summed E-state index contributed by atoms with van der Waals surface area (Å²) in [6.45, 7) is 0. The molecule has 0 saturated carbocycles. The fraction of sp³-hybridized carbons (Fsp3) is 0. The minimum atomic E-state index is 0. The molecule has 0 atom stereocenters. The van der Waals surface area contributed by atoms with Crippen LogP contribution in [0.1, 0.15) is 0 Å². The van der Waals surface area contributed by atoms with E-state index in [1.54, 1.807) is 0 Å². The van der Waals surface area contributed by atoms with Crippen molar-refractivity contribution in [3.05, 3.63) is 0 Å². The third kappa shape index (κ3) is 24.1. The summed E-state index contributed by atoms with van der Waals surface area (Å²) in [6.07, 6.45) is 0. The van der Waals surface area contributed by atoms with Crippen LogP contribution in [-0.2, 0) is 70.7 Å². The molecule has 0 aliphatic heterocycles. The minimum absolute atomic E-state index is 0. The zero-order valence-electron chi connectivity index (χ0n) is 1.74. The first-order chi connectivity index (χ1) is 0. The second-order valence-electron chi connectivity index (χ2n) is 0. The SMILES string of the molecule is [CaH2].[Cu].[Fe].[MgH2].[Mn].[Zn]. The number of hydrogen-bond acceptors (Lipinski definition) is 0. The van der Waals surface area contributed by atoms with Crippen LogP contribution in [0.5, 0.6) is 0 Å². The van der Waals surface area contributed by atoms with Gasteiger partial charge >= 0.3 is 60.8 Å². The minimum Gasteiger partial charge on any atom is 0 e. The molecule has 0 bridgehead atoms. The van der Waals surface area contributed by atoms with E-state index in [0.717, 1.165) is 0 Å². The van der Waals surface area contributed by atoms with Crippen molar-refractivity contribution in [3.8, 4) is 0 Å². The second kappa shape index (κ2) is 35.0. The molecule has 0 aromatic carbocycles. The summed E-state index contributed by atoms with van der Waals surface area (Å²) in [7, 11) is 0. The number of hydrogen-bond donors (Lipinski definition) is 0. The van der Waals surface area contributed by atoms with E-state index in [-0.39, 0.29) is 131 Å². The van der Waals surface area contributed by atoms with Crippen LogP contribution in [-0.4, -0.2) is 60.8 Å². The van der Waals surface area contributed by atoms with Crippen molar-refractivity contribution in [1.29, 1.82) is 0 Å². The molecule has 2 radical (unpaired) electrons. The van der Waals surface area contributed by atoms with Gasteiger partial charge in [-0.2, -0.15) is 0 Å². The third-order valence-corrected chi connectivity index (χ3v) is 0. The monoisotopic (exact) mass is 306 g/mol. The first-order valence-electron chi connectivity index (χ1n) is 0. The third-order valence-electron chi connectivity index (χ3n) is 0. The Labute approximate surface area is 128 Å². The summed E-state index contributed by atoms with van der Waals surface area (Å²) in [6, 6.07) is 0. The van der Waals surface area contributed by atoms with Gasteiger partial charge in [0.2, 0.25) is 0 Å². The molecule has 0 nitrogen and oxygen atoms in total. The molecular formula is H4CaCuFeMgMnZn. The molecule has 0 amide bonds. The van der Waals surface area contributed by atoms with E-state index in [1.807, 2.05) is 0 Å². The molecule has 0 heterocycles. The van der Waals surface area contributed by atoms with Gasteiger partial charge in [0, 0.05) is 70.7 Å². The van der Waals surface area contributed by atoms with Crippen molar-refractivity contribution in [2.45, 2.75) is 0 Å². The summed E-state index contributed by atoms with van der Waals surface area (Å²) >= 11 is 0. The van der Waals surface area contributed by atoms with Gasteiger partial charge in [-0.05, 0) is 0 Å². The molecule has 36 valence electrons. The van der Waals surface area contributed by atoms with Gasteiger partial charge in [0.1, 0.15) is 0 Å².